The molecule has 4 nitrogen and oxygen atoms in total. The summed E-state index contributed by atoms with van der Waals surface area (Å²) in [6, 6.07) is 6.59. The third-order valence-corrected chi connectivity index (χ3v) is 4.22. The Hall–Kier alpha value is -0.620. The van der Waals surface area contributed by atoms with E-state index in [0.29, 0.717) is 25.9 Å². The molecule has 1 N–H and O–H groups in total. The van der Waals surface area contributed by atoms with E-state index in [1.165, 1.54) is 5.56 Å². The smallest absolute Gasteiger partial charge is 0.125 e. The van der Waals surface area contributed by atoms with Crippen molar-refractivity contribution in [1.29, 1.82) is 0 Å². The van der Waals surface area contributed by atoms with Crippen LogP contribution in [0.2, 0.25) is 0 Å². The first-order valence-electron chi connectivity index (χ1n) is 7.18. The van der Waals surface area contributed by atoms with Gasteiger partial charge in [-0.25, -0.2) is 0 Å². The zero-order valence-corrected chi connectivity index (χ0v) is 13.0. The van der Waals surface area contributed by atoms with Gasteiger partial charge >= 0.3 is 0 Å². The Kier molecular flexibility index (Phi) is 4.94. The van der Waals surface area contributed by atoms with Crippen molar-refractivity contribution in [3.8, 4) is 5.75 Å². The van der Waals surface area contributed by atoms with E-state index in [9.17, 15) is 0 Å². The third-order valence-electron chi connectivity index (χ3n) is 3.72. The summed E-state index contributed by atoms with van der Waals surface area (Å²) < 4.78 is 18.0. The van der Waals surface area contributed by atoms with Gasteiger partial charge < -0.3 is 19.5 Å². The Labute approximate surface area is 127 Å². The van der Waals surface area contributed by atoms with E-state index in [0.717, 1.165) is 36.2 Å². The lowest BCUT2D eigenvalue weighted by atomic mass is 10.0. The van der Waals surface area contributed by atoms with Gasteiger partial charge in [-0.2, -0.15) is 0 Å². The molecule has 0 amide bonds. The molecule has 1 saturated heterocycles. The van der Waals surface area contributed by atoms with Gasteiger partial charge in [-0.3, -0.25) is 0 Å². The summed E-state index contributed by atoms with van der Waals surface area (Å²) in [5.74, 6) is 0.982. The minimum absolute atomic E-state index is 0.159. The lowest BCUT2D eigenvalue weighted by Gasteiger charge is -2.26. The summed E-state index contributed by atoms with van der Waals surface area (Å²) in [6.45, 7) is 3.70. The molecular weight excluding hydrogens is 322 g/mol. The average molecular weight is 342 g/mol. The maximum absolute atomic E-state index is 5.83. The number of nitrogens with one attached hydrogen (secondary N) is 1. The van der Waals surface area contributed by atoms with Crippen molar-refractivity contribution in [3.63, 3.8) is 0 Å². The van der Waals surface area contributed by atoms with Crippen LogP contribution in [0.4, 0.5) is 0 Å². The molecule has 1 aromatic carbocycles. The van der Waals surface area contributed by atoms with Crippen molar-refractivity contribution in [2.75, 3.05) is 33.0 Å². The van der Waals surface area contributed by atoms with E-state index in [1.807, 2.05) is 0 Å². The molecule has 0 aromatic heterocycles. The van der Waals surface area contributed by atoms with Gasteiger partial charge in [0.1, 0.15) is 5.75 Å². The van der Waals surface area contributed by atoms with E-state index >= 15 is 0 Å². The fourth-order valence-corrected chi connectivity index (χ4v) is 3.03. The second-order valence-corrected chi connectivity index (χ2v) is 6.12. The van der Waals surface area contributed by atoms with Gasteiger partial charge in [0.25, 0.3) is 0 Å². The number of fused-ring (bicyclic) bond motifs is 1. The molecular formula is C15H20BrNO3. The normalized spacial score (nSPS) is 26.4. The van der Waals surface area contributed by atoms with Crippen LogP contribution in [0.15, 0.2) is 22.7 Å². The molecule has 2 atom stereocenters. The van der Waals surface area contributed by atoms with Crippen molar-refractivity contribution in [3.05, 3.63) is 28.2 Å². The zero-order valence-electron chi connectivity index (χ0n) is 11.4. The van der Waals surface area contributed by atoms with Crippen molar-refractivity contribution in [2.24, 2.45) is 0 Å². The van der Waals surface area contributed by atoms with Crippen LogP contribution in [0.5, 0.6) is 5.75 Å². The first kappa shape index (κ1) is 14.3. The number of halogens is 1. The zero-order chi connectivity index (χ0) is 13.8. The molecule has 110 valence electrons. The Morgan fingerprint density at radius 1 is 1.25 bits per heavy atom. The standard InChI is InChI=1S/C15H20BrNO3/c16-11-3-4-13-14(2-1-5-20-15(13)8-11)17-9-12-10-18-6-7-19-12/h3-4,8,12,14,17H,1-2,5-7,9-10H2. The summed E-state index contributed by atoms with van der Waals surface area (Å²) in [7, 11) is 0. The number of hydrogen-bond donors (Lipinski definition) is 1. The largest absolute Gasteiger partial charge is 0.493 e. The molecule has 0 radical (unpaired) electrons. The van der Waals surface area contributed by atoms with Crippen LogP contribution in [0.25, 0.3) is 0 Å². The number of benzene rings is 1. The molecule has 1 fully saturated rings. The van der Waals surface area contributed by atoms with Gasteiger partial charge in [-0.1, -0.05) is 22.0 Å². The minimum atomic E-state index is 0.159. The first-order valence-corrected chi connectivity index (χ1v) is 7.97. The molecule has 2 heterocycles. The summed E-state index contributed by atoms with van der Waals surface area (Å²) in [5.41, 5.74) is 1.24. The summed E-state index contributed by atoms with van der Waals surface area (Å²) in [5, 5.41) is 3.61. The highest BCUT2D eigenvalue weighted by molar-refractivity contribution is 9.10. The Morgan fingerprint density at radius 2 is 2.20 bits per heavy atom. The Balaban J connectivity index is 1.66. The summed E-state index contributed by atoms with van der Waals surface area (Å²) >= 11 is 3.50. The molecule has 3 rings (SSSR count). The lowest BCUT2D eigenvalue weighted by Crippen LogP contribution is -2.38. The second-order valence-electron chi connectivity index (χ2n) is 5.20. The van der Waals surface area contributed by atoms with Gasteiger partial charge in [0.05, 0.1) is 32.5 Å². The Morgan fingerprint density at radius 3 is 3.05 bits per heavy atom. The fraction of sp³-hybridized carbons (Fsp3) is 0.600. The highest BCUT2D eigenvalue weighted by atomic mass is 79.9. The van der Waals surface area contributed by atoms with Gasteiger partial charge in [0, 0.05) is 22.6 Å². The molecule has 5 heteroatoms. The summed E-state index contributed by atoms with van der Waals surface area (Å²) in [6.07, 6.45) is 2.31. The van der Waals surface area contributed by atoms with E-state index in [1.54, 1.807) is 0 Å². The maximum Gasteiger partial charge on any atom is 0.125 e. The van der Waals surface area contributed by atoms with Gasteiger partial charge in [-0.05, 0) is 25.0 Å². The number of ether oxygens (including phenoxy) is 3. The fourth-order valence-electron chi connectivity index (χ4n) is 2.69. The van der Waals surface area contributed by atoms with Gasteiger partial charge in [-0.15, -0.1) is 0 Å². The van der Waals surface area contributed by atoms with E-state index in [-0.39, 0.29) is 6.10 Å². The lowest BCUT2D eigenvalue weighted by molar-refractivity contribution is -0.0871. The SMILES string of the molecule is Brc1ccc2c(c1)OCCCC2NCC1COCCO1. The highest BCUT2D eigenvalue weighted by Crippen LogP contribution is 2.33. The van der Waals surface area contributed by atoms with Gasteiger partial charge in [0.15, 0.2) is 0 Å². The second kappa shape index (κ2) is 6.89. The predicted molar refractivity (Wildman–Crippen MR) is 80.2 cm³/mol. The molecule has 0 spiro atoms. The van der Waals surface area contributed by atoms with Crippen LogP contribution in [-0.4, -0.2) is 39.1 Å². The van der Waals surface area contributed by atoms with Crippen LogP contribution in [0, 0.1) is 0 Å². The predicted octanol–water partition coefficient (Wildman–Crippen LogP) is 2.67. The molecule has 1 aromatic rings. The van der Waals surface area contributed by atoms with Crippen LogP contribution < -0.4 is 10.1 Å². The molecule has 0 saturated carbocycles. The maximum atomic E-state index is 5.83. The highest BCUT2D eigenvalue weighted by Gasteiger charge is 2.22. The van der Waals surface area contributed by atoms with E-state index in [2.05, 4.69) is 39.4 Å². The van der Waals surface area contributed by atoms with Crippen LogP contribution >= 0.6 is 15.9 Å². The average Bonchev–Trinajstić information content (AvgIpc) is 2.68. The van der Waals surface area contributed by atoms with Gasteiger partial charge in [0.2, 0.25) is 0 Å². The van der Waals surface area contributed by atoms with Crippen molar-refractivity contribution in [2.45, 2.75) is 25.0 Å². The van der Waals surface area contributed by atoms with Crippen molar-refractivity contribution < 1.29 is 14.2 Å². The number of hydrogen-bond acceptors (Lipinski definition) is 4. The molecule has 2 unspecified atom stereocenters. The van der Waals surface area contributed by atoms with Crippen LogP contribution in [0.3, 0.4) is 0 Å². The van der Waals surface area contributed by atoms with E-state index < -0.39 is 0 Å². The monoisotopic (exact) mass is 341 g/mol. The first-order chi connectivity index (χ1) is 9.83. The molecule has 0 bridgehead atoms. The van der Waals surface area contributed by atoms with Crippen molar-refractivity contribution in [1.82, 2.24) is 5.32 Å². The molecule has 2 aliphatic heterocycles. The number of rotatable bonds is 3. The molecule has 0 aliphatic carbocycles. The third kappa shape index (κ3) is 3.52. The minimum Gasteiger partial charge on any atom is -0.493 e. The Bertz CT molecular complexity index is 449. The van der Waals surface area contributed by atoms with E-state index in [4.69, 9.17) is 14.2 Å². The van der Waals surface area contributed by atoms with Crippen LogP contribution in [-0.2, 0) is 9.47 Å². The summed E-state index contributed by atoms with van der Waals surface area (Å²) in [4.78, 5) is 0. The quantitative estimate of drug-likeness (QED) is 0.917. The topological polar surface area (TPSA) is 39.7 Å². The molecule has 2 aliphatic rings. The van der Waals surface area contributed by atoms with Crippen molar-refractivity contribution >= 4 is 15.9 Å². The van der Waals surface area contributed by atoms with Crippen LogP contribution in [0.1, 0.15) is 24.4 Å². The molecule has 20 heavy (non-hydrogen) atoms.